The van der Waals surface area contributed by atoms with Crippen LogP contribution < -0.4 is 10.1 Å². The number of rotatable bonds is 4. The molecule has 2 atom stereocenters. The van der Waals surface area contributed by atoms with E-state index in [1.54, 1.807) is 6.07 Å². The number of nitrogens with one attached hydrogen (secondary N) is 1. The summed E-state index contributed by atoms with van der Waals surface area (Å²) in [6.45, 7) is 5.13. The molecule has 21 heavy (non-hydrogen) atoms. The summed E-state index contributed by atoms with van der Waals surface area (Å²) < 4.78 is 20.1. The molecule has 0 heterocycles. The number of halogens is 1. The SMILES string of the molecule is CCNC1CC(Oc2cc(C)ccc2F)C12CCCCC2. The highest BCUT2D eigenvalue weighted by atomic mass is 19.1. The van der Waals surface area contributed by atoms with Crippen LogP contribution in [0.3, 0.4) is 0 Å². The van der Waals surface area contributed by atoms with E-state index < -0.39 is 0 Å². The zero-order valence-corrected chi connectivity index (χ0v) is 13.1. The predicted molar refractivity (Wildman–Crippen MR) is 83.2 cm³/mol. The molecule has 0 aromatic heterocycles. The maximum absolute atomic E-state index is 14.0. The minimum Gasteiger partial charge on any atom is -0.487 e. The molecule has 1 spiro atoms. The van der Waals surface area contributed by atoms with Gasteiger partial charge < -0.3 is 10.1 Å². The second kappa shape index (κ2) is 5.96. The zero-order chi connectivity index (χ0) is 14.9. The molecule has 0 radical (unpaired) electrons. The third kappa shape index (κ3) is 2.68. The van der Waals surface area contributed by atoms with Crippen LogP contribution in [0.4, 0.5) is 4.39 Å². The molecule has 3 rings (SSSR count). The molecule has 0 amide bonds. The Morgan fingerprint density at radius 2 is 2.05 bits per heavy atom. The molecule has 2 saturated carbocycles. The van der Waals surface area contributed by atoms with Gasteiger partial charge in [0.15, 0.2) is 11.6 Å². The van der Waals surface area contributed by atoms with Gasteiger partial charge in [0, 0.05) is 17.9 Å². The Labute approximate surface area is 127 Å². The third-order valence-electron chi connectivity index (χ3n) is 5.38. The Kier molecular flexibility index (Phi) is 4.21. The number of ether oxygens (including phenoxy) is 1. The molecule has 1 aromatic carbocycles. The van der Waals surface area contributed by atoms with Crippen LogP contribution in [0.2, 0.25) is 0 Å². The number of hydrogen-bond donors (Lipinski definition) is 1. The smallest absolute Gasteiger partial charge is 0.165 e. The first-order valence-corrected chi connectivity index (χ1v) is 8.32. The van der Waals surface area contributed by atoms with Crippen LogP contribution in [-0.4, -0.2) is 18.7 Å². The van der Waals surface area contributed by atoms with E-state index in [-0.39, 0.29) is 17.3 Å². The number of benzene rings is 1. The average Bonchev–Trinajstić information content (AvgIpc) is 2.50. The van der Waals surface area contributed by atoms with Crippen molar-refractivity contribution in [3.63, 3.8) is 0 Å². The Hall–Kier alpha value is -1.09. The molecule has 1 N–H and O–H groups in total. The van der Waals surface area contributed by atoms with Gasteiger partial charge in [0.05, 0.1) is 0 Å². The van der Waals surface area contributed by atoms with Crippen molar-refractivity contribution < 1.29 is 9.13 Å². The molecule has 1 aromatic rings. The van der Waals surface area contributed by atoms with E-state index in [1.165, 1.54) is 38.2 Å². The fraction of sp³-hybridized carbons (Fsp3) is 0.667. The van der Waals surface area contributed by atoms with Crippen molar-refractivity contribution >= 4 is 0 Å². The molecule has 0 aliphatic heterocycles. The Morgan fingerprint density at radius 3 is 2.76 bits per heavy atom. The van der Waals surface area contributed by atoms with E-state index >= 15 is 0 Å². The molecular formula is C18H26FNO. The van der Waals surface area contributed by atoms with Gasteiger partial charge in [-0.2, -0.15) is 0 Å². The summed E-state index contributed by atoms with van der Waals surface area (Å²) in [5.41, 5.74) is 1.27. The average molecular weight is 291 g/mol. The van der Waals surface area contributed by atoms with Gasteiger partial charge >= 0.3 is 0 Å². The third-order valence-corrected chi connectivity index (χ3v) is 5.38. The molecule has 2 aliphatic carbocycles. The Bertz CT molecular complexity index is 496. The summed E-state index contributed by atoms with van der Waals surface area (Å²) in [6.07, 6.45) is 7.47. The van der Waals surface area contributed by atoms with E-state index in [9.17, 15) is 4.39 Å². The molecule has 3 heteroatoms. The first-order chi connectivity index (χ1) is 10.2. The summed E-state index contributed by atoms with van der Waals surface area (Å²) in [5.74, 6) is 0.193. The van der Waals surface area contributed by atoms with Gasteiger partial charge in [-0.25, -0.2) is 4.39 Å². The number of aryl methyl sites for hydroxylation is 1. The molecule has 2 aliphatic rings. The van der Waals surface area contributed by atoms with Gasteiger partial charge in [0.1, 0.15) is 6.10 Å². The molecule has 2 fully saturated rings. The molecule has 0 bridgehead atoms. The summed E-state index contributed by atoms with van der Waals surface area (Å²) >= 11 is 0. The van der Waals surface area contributed by atoms with Crippen LogP contribution in [0.5, 0.6) is 5.75 Å². The van der Waals surface area contributed by atoms with Crippen molar-refractivity contribution in [2.75, 3.05) is 6.54 Å². The van der Waals surface area contributed by atoms with Crippen LogP contribution in [0.15, 0.2) is 18.2 Å². The first kappa shape index (κ1) is 14.8. The van der Waals surface area contributed by atoms with Crippen molar-refractivity contribution in [1.82, 2.24) is 5.32 Å². The van der Waals surface area contributed by atoms with Gasteiger partial charge in [-0.3, -0.25) is 0 Å². The van der Waals surface area contributed by atoms with Crippen molar-refractivity contribution in [2.45, 2.75) is 64.5 Å². The minimum absolute atomic E-state index is 0.165. The fourth-order valence-electron chi connectivity index (χ4n) is 4.18. The van der Waals surface area contributed by atoms with Crippen molar-refractivity contribution in [2.24, 2.45) is 5.41 Å². The van der Waals surface area contributed by atoms with Crippen LogP contribution in [-0.2, 0) is 0 Å². The van der Waals surface area contributed by atoms with Gasteiger partial charge in [-0.05, 0) is 44.0 Å². The Morgan fingerprint density at radius 1 is 1.29 bits per heavy atom. The summed E-state index contributed by atoms with van der Waals surface area (Å²) in [7, 11) is 0. The highest BCUT2D eigenvalue weighted by molar-refractivity contribution is 5.30. The summed E-state index contributed by atoms with van der Waals surface area (Å²) in [4.78, 5) is 0. The van der Waals surface area contributed by atoms with E-state index in [0.717, 1.165) is 18.5 Å². The van der Waals surface area contributed by atoms with Gasteiger partial charge in [-0.15, -0.1) is 0 Å². The van der Waals surface area contributed by atoms with Crippen LogP contribution in [0.1, 0.15) is 51.0 Å². The Balaban J connectivity index is 1.77. The second-order valence-corrected chi connectivity index (χ2v) is 6.68. The summed E-state index contributed by atoms with van der Waals surface area (Å²) in [5, 5.41) is 3.61. The van der Waals surface area contributed by atoms with Crippen molar-refractivity contribution in [1.29, 1.82) is 0 Å². The maximum atomic E-state index is 14.0. The predicted octanol–water partition coefficient (Wildman–Crippen LogP) is 4.21. The molecule has 2 nitrogen and oxygen atoms in total. The first-order valence-electron chi connectivity index (χ1n) is 8.32. The topological polar surface area (TPSA) is 21.3 Å². The van der Waals surface area contributed by atoms with Crippen molar-refractivity contribution in [3.05, 3.63) is 29.6 Å². The fourth-order valence-corrected chi connectivity index (χ4v) is 4.18. The maximum Gasteiger partial charge on any atom is 0.165 e. The lowest BCUT2D eigenvalue weighted by Gasteiger charge is -2.57. The van der Waals surface area contributed by atoms with Gasteiger partial charge in [0.25, 0.3) is 0 Å². The zero-order valence-electron chi connectivity index (χ0n) is 13.1. The van der Waals surface area contributed by atoms with Gasteiger partial charge in [0.2, 0.25) is 0 Å². The largest absolute Gasteiger partial charge is 0.487 e. The molecule has 2 unspecified atom stereocenters. The van der Waals surface area contributed by atoms with E-state index in [4.69, 9.17) is 4.74 Å². The molecule has 116 valence electrons. The summed E-state index contributed by atoms with van der Waals surface area (Å²) in [6, 6.07) is 5.67. The molecular weight excluding hydrogens is 265 g/mol. The lowest BCUT2D eigenvalue weighted by Crippen LogP contribution is -2.65. The minimum atomic E-state index is -0.238. The standard InChI is InChI=1S/C18H26FNO/c1-3-20-16-12-17(18(16)9-5-4-6-10-18)21-15-11-13(2)7-8-14(15)19/h7-8,11,16-17,20H,3-6,9-10,12H2,1-2H3. The quantitative estimate of drug-likeness (QED) is 0.897. The van der Waals surface area contributed by atoms with Crippen LogP contribution >= 0.6 is 0 Å². The lowest BCUT2D eigenvalue weighted by molar-refractivity contribution is -0.103. The van der Waals surface area contributed by atoms with Crippen molar-refractivity contribution in [3.8, 4) is 5.75 Å². The van der Waals surface area contributed by atoms with E-state index in [2.05, 4.69) is 12.2 Å². The number of hydrogen-bond acceptors (Lipinski definition) is 2. The lowest BCUT2D eigenvalue weighted by atomic mass is 9.55. The van der Waals surface area contributed by atoms with E-state index in [1.807, 2.05) is 13.0 Å². The normalized spacial score (nSPS) is 27.4. The highest BCUT2D eigenvalue weighted by Crippen LogP contribution is 2.53. The molecule has 0 saturated heterocycles. The second-order valence-electron chi connectivity index (χ2n) is 6.68. The van der Waals surface area contributed by atoms with Gasteiger partial charge in [-0.1, -0.05) is 32.3 Å². The van der Waals surface area contributed by atoms with E-state index in [0.29, 0.717) is 11.8 Å². The van der Waals surface area contributed by atoms with Crippen LogP contribution in [0.25, 0.3) is 0 Å². The highest BCUT2D eigenvalue weighted by Gasteiger charge is 2.56. The van der Waals surface area contributed by atoms with Crippen LogP contribution in [0, 0.1) is 18.2 Å². The monoisotopic (exact) mass is 291 g/mol.